The van der Waals surface area contributed by atoms with Crippen LogP contribution in [-0.2, 0) is 0 Å². The minimum Gasteiger partial charge on any atom is -0.352 e. The van der Waals surface area contributed by atoms with Crippen LogP contribution < -0.4 is 5.32 Å². The molecule has 0 spiro atoms. The minimum absolute atomic E-state index is 0.166. The van der Waals surface area contributed by atoms with E-state index in [4.69, 9.17) is 11.6 Å². The summed E-state index contributed by atoms with van der Waals surface area (Å²) in [5, 5.41) is 23.9. The van der Waals surface area contributed by atoms with Crippen molar-refractivity contribution in [1.29, 1.82) is 0 Å². The van der Waals surface area contributed by atoms with Gasteiger partial charge in [-0.25, -0.2) is 0 Å². The Balaban J connectivity index is 2.83. The molecule has 0 saturated heterocycles. The highest BCUT2D eigenvalue weighted by molar-refractivity contribution is 6.35. The highest BCUT2D eigenvalue weighted by Gasteiger charge is 2.27. The van der Waals surface area contributed by atoms with Crippen LogP contribution in [0.25, 0.3) is 0 Å². The van der Waals surface area contributed by atoms with Crippen LogP contribution in [0.15, 0.2) is 12.1 Å². The van der Waals surface area contributed by atoms with Gasteiger partial charge in [-0.05, 0) is 26.1 Å². The molecule has 9 nitrogen and oxygen atoms in total. The Bertz CT molecular complexity index is 599. The molecule has 0 bridgehead atoms. The van der Waals surface area contributed by atoms with Crippen LogP contribution in [0, 0.1) is 20.2 Å². The molecule has 0 fully saturated rings. The molecule has 0 atom stereocenters. The number of hydrogen-bond acceptors (Lipinski definition) is 6. The molecule has 132 valence electrons. The van der Waals surface area contributed by atoms with Gasteiger partial charge in [-0.2, -0.15) is 0 Å². The summed E-state index contributed by atoms with van der Waals surface area (Å²) >= 11 is 5.65. The number of nitro benzene ring substituents is 2. The van der Waals surface area contributed by atoms with E-state index in [1.54, 1.807) is 0 Å². The van der Waals surface area contributed by atoms with Crippen LogP contribution in [-0.4, -0.2) is 46.8 Å². The first-order valence-corrected chi connectivity index (χ1v) is 7.82. The molecule has 0 aliphatic rings. The number of nitrogens with one attached hydrogen (secondary N) is 1. The summed E-state index contributed by atoms with van der Waals surface area (Å²) in [4.78, 5) is 34.4. The first-order valence-electron chi connectivity index (χ1n) is 7.44. The monoisotopic (exact) mass is 358 g/mol. The SMILES string of the molecule is CCN(CC)CCCNC(=O)c1cc([N+](=O)[O-])c(Cl)c([N+](=O)[O-])c1. The molecule has 0 saturated carbocycles. The van der Waals surface area contributed by atoms with Crippen molar-refractivity contribution in [3.05, 3.63) is 42.9 Å². The first kappa shape index (κ1) is 19.8. The Kier molecular flexibility index (Phi) is 7.53. The third kappa shape index (κ3) is 5.14. The van der Waals surface area contributed by atoms with Crippen LogP contribution in [0.3, 0.4) is 0 Å². The number of hydrogen-bond donors (Lipinski definition) is 1. The number of halogens is 1. The van der Waals surface area contributed by atoms with Gasteiger partial charge >= 0.3 is 0 Å². The normalized spacial score (nSPS) is 10.7. The van der Waals surface area contributed by atoms with Gasteiger partial charge in [0.05, 0.1) is 15.4 Å². The number of nitro groups is 2. The van der Waals surface area contributed by atoms with Gasteiger partial charge in [0, 0.05) is 18.7 Å². The lowest BCUT2D eigenvalue weighted by Gasteiger charge is -2.17. The van der Waals surface area contributed by atoms with Crippen LogP contribution in [0.1, 0.15) is 30.6 Å². The van der Waals surface area contributed by atoms with E-state index in [1.165, 1.54) is 0 Å². The molecule has 24 heavy (non-hydrogen) atoms. The first-order chi connectivity index (χ1) is 11.3. The third-order valence-electron chi connectivity index (χ3n) is 3.52. The van der Waals surface area contributed by atoms with Crippen molar-refractivity contribution in [1.82, 2.24) is 10.2 Å². The van der Waals surface area contributed by atoms with E-state index in [-0.39, 0.29) is 5.56 Å². The van der Waals surface area contributed by atoms with Crippen LogP contribution in [0.5, 0.6) is 0 Å². The van der Waals surface area contributed by atoms with Crippen molar-refractivity contribution in [2.45, 2.75) is 20.3 Å². The van der Waals surface area contributed by atoms with Gasteiger partial charge in [-0.3, -0.25) is 25.0 Å². The fraction of sp³-hybridized carbons (Fsp3) is 0.500. The number of carbonyl (C=O) groups is 1. The Morgan fingerprint density at radius 1 is 1.17 bits per heavy atom. The summed E-state index contributed by atoms with van der Waals surface area (Å²) in [6.07, 6.45) is 0.700. The summed E-state index contributed by atoms with van der Waals surface area (Å²) in [6, 6.07) is 1.88. The lowest BCUT2D eigenvalue weighted by atomic mass is 10.1. The van der Waals surface area contributed by atoms with Gasteiger partial charge in [0.15, 0.2) is 5.02 Å². The predicted octanol–water partition coefficient (Wildman–Crippen LogP) is 2.62. The molecule has 1 rings (SSSR count). The molecule has 1 N–H and O–H groups in total. The van der Waals surface area contributed by atoms with E-state index < -0.39 is 32.2 Å². The maximum atomic E-state index is 12.1. The largest absolute Gasteiger partial charge is 0.352 e. The quantitative estimate of drug-likeness (QED) is 0.411. The maximum absolute atomic E-state index is 12.1. The van der Waals surface area contributed by atoms with Crippen LogP contribution >= 0.6 is 11.6 Å². The molecule has 0 radical (unpaired) electrons. The molecule has 0 aliphatic heterocycles. The number of benzene rings is 1. The molecule has 0 unspecified atom stereocenters. The molecule has 1 amide bonds. The standard InChI is InChI=1S/C14H19ClN4O5/c1-3-17(4-2)7-5-6-16-14(20)10-8-11(18(21)22)13(15)12(9-10)19(23)24/h8-9H,3-7H2,1-2H3,(H,16,20). The summed E-state index contributed by atoms with van der Waals surface area (Å²) in [7, 11) is 0. The van der Waals surface area contributed by atoms with Crippen LogP contribution in [0.4, 0.5) is 11.4 Å². The fourth-order valence-electron chi connectivity index (χ4n) is 2.14. The number of nitrogens with zero attached hydrogens (tertiary/aromatic N) is 3. The van der Waals surface area contributed by atoms with Gasteiger partial charge in [0.2, 0.25) is 0 Å². The van der Waals surface area contributed by atoms with Crippen molar-refractivity contribution in [2.75, 3.05) is 26.2 Å². The number of amides is 1. The molecule has 1 aromatic rings. The molecule has 0 aliphatic carbocycles. The van der Waals surface area contributed by atoms with E-state index in [0.717, 1.165) is 31.8 Å². The van der Waals surface area contributed by atoms with Gasteiger partial charge in [-0.15, -0.1) is 0 Å². The Labute approximate surface area is 143 Å². The Hall–Kier alpha value is -2.26. The van der Waals surface area contributed by atoms with Crippen molar-refractivity contribution in [2.24, 2.45) is 0 Å². The highest BCUT2D eigenvalue weighted by Crippen LogP contribution is 2.34. The molecule has 1 aromatic carbocycles. The van der Waals surface area contributed by atoms with Crippen LogP contribution in [0.2, 0.25) is 5.02 Å². The third-order valence-corrected chi connectivity index (χ3v) is 3.91. The summed E-state index contributed by atoms with van der Waals surface area (Å²) in [5.74, 6) is -0.614. The van der Waals surface area contributed by atoms with Gasteiger partial charge < -0.3 is 10.2 Å². The Morgan fingerprint density at radius 2 is 1.67 bits per heavy atom. The predicted molar refractivity (Wildman–Crippen MR) is 89.5 cm³/mol. The van der Waals surface area contributed by atoms with Crippen molar-refractivity contribution >= 4 is 28.9 Å². The fourth-order valence-corrected chi connectivity index (χ4v) is 2.38. The average molecular weight is 359 g/mol. The Morgan fingerprint density at radius 3 is 2.08 bits per heavy atom. The van der Waals surface area contributed by atoms with Crippen molar-refractivity contribution in [3.8, 4) is 0 Å². The smallest absolute Gasteiger partial charge is 0.295 e. The van der Waals surface area contributed by atoms with Gasteiger partial charge in [-0.1, -0.05) is 25.4 Å². The van der Waals surface area contributed by atoms with E-state index in [0.29, 0.717) is 13.0 Å². The van der Waals surface area contributed by atoms with E-state index in [1.807, 2.05) is 13.8 Å². The zero-order chi connectivity index (χ0) is 18.3. The summed E-state index contributed by atoms with van der Waals surface area (Å²) in [6.45, 7) is 7.04. The molecular weight excluding hydrogens is 340 g/mol. The zero-order valence-corrected chi connectivity index (χ0v) is 14.2. The molecular formula is C14H19ClN4O5. The lowest BCUT2D eigenvalue weighted by molar-refractivity contribution is -0.393. The van der Waals surface area contributed by atoms with Crippen molar-refractivity contribution < 1.29 is 14.6 Å². The molecule has 10 heteroatoms. The van der Waals surface area contributed by atoms with E-state index in [2.05, 4.69) is 10.2 Å². The van der Waals surface area contributed by atoms with Crippen molar-refractivity contribution in [3.63, 3.8) is 0 Å². The second-order valence-corrected chi connectivity index (χ2v) is 5.36. The second-order valence-electron chi connectivity index (χ2n) is 4.98. The lowest BCUT2D eigenvalue weighted by Crippen LogP contribution is -2.30. The molecule has 0 aromatic heterocycles. The van der Waals surface area contributed by atoms with E-state index >= 15 is 0 Å². The average Bonchev–Trinajstić information content (AvgIpc) is 2.54. The zero-order valence-electron chi connectivity index (χ0n) is 13.5. The second kappa shape index (κ2) is 9.14. The summed E-state index contributed by atoms with van der Waals surface area (Å²) < 4.78 is 0. The number of rotatable bonds is 9. The van der Waals surface area contributed by atoms with E-state index in [9.17, 15) is 25.0 Å². The molecule has 0 heterocycles. The highest BCUT2D eigenvalue weighted by atomic mass is 35.5. The number of carbonyl (C=O) groups excluding carboxylic acids is 1. The summed E-state index contributed by atoms with van der Waals surface area (Å²) in [5.41, 5.74) is -1.50. The topological polar surface area (TPSA) is 119 Å². The van der Waals surface area contributed by atoms with Gasteiger partial charge in [0.1, 0.15) is 0 Å². The minimum atomic E-state index is -0.855. The van der Waals surface area contributed by atoms with Gasteiger partial charge in [0.25, 0.3) is 17.3 Å². The maximum Gasteiger partial charge on any atom is 0.295 e.